The number of aromatic nitrogens is 3. The van der Waals surface area contributed by atoms with E-state index in [1.165, 1.54) is 15.8 Å². The van der Waals surface area contributed by atoms with Crippen LogP contribution in [0.1, 0.15) is 24.3 Å². The Labute approximate surface area is 109 Å². The second-order valence-electron chi connectivity index (χ2n) is 4.58. The molecule has 1 N–H and O–H groups in total. The molecule has 0 saturated carbocycles. The quantitative estimate of drug-likeness (QED) is 0.744. The summed E-state index contributed by atoms with van der Waals surface area (Å²) in [6.07, 6.45) is 1.26. The number of likely N-dealkylation sites (tertiary alicyclic amines) is 1. The van der Waals surface area contributed by atoms with E-state index in [2.05, 4.69) is 10.3 Å². The smallest absolute Gasteiger partial charge is 0.358 e. The summed E-state index contributed by atoms with van der Waals surface area (Å²) in [5, 5.41) is 15.8. The normalized spacial score (nSPS) is 23.2. The van der Waals surface area contributed by atoms with Crippen molar-refractivity contribution < 1.29 is 19.5 Å². The fourth-order valence-corrected chi connectivity index (χ4v) is 1.96. The number of aromatic carboxylic acids is 1. The molecule has 8 heteroatoms. The summed E-state index contributed by atoms with van der Waals surface area (Å²) in [7, 11) is 0. The van der Waals surface area contributed by atoms with E-state index in [9.17, 15) is 14.4 Å². The van der Waals surface area contributed by atoms with Gasteiger partial charge >= 0.3 is 5.97 Å². The zero-order valence-electron chi connectivity index (χ0n) is 10.6. The van der Waals surface area contributed by atoms with Crippen LogP contribution in [0.3, 0.4) is 0 Å². The highest BCUT2D eigenvalue weighted by Gasteiger charge is 2.41. The monoisotopic (exact) mass is 266 g/mol. The highest BCUT2D eigenvalue weighted by Crippen LogP contribution is 2.24. The van der Waals surface area contributed by atoms with Crippen LogP contribution in [0, 0.1) is 11.8 Å². The summed E-state index contributed by atoms with van der Waals surface area (Å²) >= 11 is 0. The number of carboxylic acid groups (broad SMARTS) is 1. The molecule has 2 amide bonds. The summed E-state index contributed by atoms with van der Waals surface area (Å²) in [6, 6.07) is 0. The second kappa shape index (κ2) is 4.79. The van der Waals surface area contributed by atoms with Gasteiger partial charge in [0.15, 0.2) is 5.69 Å². The van der Waals surface area contributed by atoms with Crippen LogP contribution in [0.4, 0.5) is 0 Å². The molecular weight excluding hydrogens is 252 g/mol. The maximum atomic E-state index is 11.8. The summed E-state index contributed by atoms with van der Waals surface area (Å²) in [5.74, 6) is -2.18. The van der Waals surface area contributed by atoms with Crippen molar-refractivity contribution in [3.05, 3.63) is 11.9 Å². The average Bonchev–Trinajstić information content (AvgIpc) is 2.91. The third-order valence-electron chi connectivity index (χ3n) is 3.37. The largest absolute Gasteiger partial charge is 0.476 e. The van der Waals surface area contributed by atoms with Gasteiger partial charge in [-0.15, -0.1) is 5.10 Å². The van der Waals surface area contributed by atoms with Gasteiger partial charge in [-0.25, -0.2) is 9.48 Å². The molecule has 0 aromatic carbocycles. The van der Waals surface area contributed by atoms with Crippen molar-refractivity contribution in [1.82, 2.24) is 19.9 Å². The zero-order valence-corrected chi connectivity index (χ0v) is 10.6. The van der Waals surface area contributed by atoms with Crippen LogP contribution in [0.15, 0.2) is 6.20 Å². The van der Waals surface area contributed by atoms with Gasteiger partial charge in [-0.05, 0) is 0 Å². The number of carbonyl (C=O) groups is 3. The first-order valence-corrected chi connectivity index (χ1v) is 5.90. The Morgan fingerprint density at radius 3 is 2.32 bits per heavy atom. The molecule has 0 radical (unpaired) electrons. The maximum absolute atomic E-state index is 11.8. The molecule has 0 spiro atoms. The van der Waals surface area contributed by atoms with E-state index in [-0.39, 0.29) is 42.4 Å². The lowest BCUT2D eigenvalue weighted by atomic mass is 10.00. The Hall–Kier alpha value is -2.25. The van der Waals surface area contributed by atoms with Crippen molar-refractivity contribution in [3.8, 4) is 0 Å². The number of amides is 2. The highest BCUT2D eigenvalue weighted by molar-refractivity contribution is 6.04. The van der Waals surface area contributed by atoms with Crippen molar-refractivity contribution >= 4 is 17.8 Å². The predicted octanol–water partition coefficient (Wildman–Crippen LogP) is -0.383. The van der Waals surface area contributed by atoms with Crippen LogP contribution in [-0.4, -0.2) is 49.3 Å². The molecule has 1 aliphatic heterocycles. The van der Waals surface area contributed by atoms with Crippen LogP contribution in [0.25, 0.3) is 0 Å². The molecule has 1 aliphatic rings. The fraction of sp³-hybridized carbons (Fsp3) is 0.545. The van der Waals surface area contributed by atoms with Gasteiger partial charge in [0.05, 0.1) is 12.7 Å². The minimum Gasteiger partial charge on any atom is -0.476 e. The molecule has 1 saturated heterocycles. The molecule has 2 atom stereocenters. The van der Waals surface area contributed by atoms with E-state index >= 15 is 0 Å². The van der Waals surface area contributed by atoms with Gasteiger partial charge in [0.1, 0.15) is 0 Å². The Kier molecular flexibility index (Phi) is 3.32. The molecule has 2 unspecified atom stereocenters. The lowest BCUT2D eigenvalue weighted by Gasteiger charge is -2.13. The number of imide groups is 1. The molecule has 2 rings (SSSR count). The third-order valence-corrected chi connectivity index (χ3v) is 3.37. The van der Waals surface area contributed by atoms with E-state index in [0.717, 1.165) is 0 Å². The van der Waals surface area contributed by atoms with E-state index in [0.29, 0.717) is 0 Å². The second-order valence-corrected chi connectivity index (χ2v) is 4.58. The molecule has 102 valence electrons. The van der Waals surface area contributed by atoms with E-state index in [4.69, 9.17) is 5.11 Å². The standard InChI is InChI=1S/C11H14N4O4/c1-6-7(2)10(17)15(9(6)16)4-3-14-5-8(11(18)19)12-13-14/h5-7H,3-4H2,1-2H3,(H,18,19). The van der Waals surface area contributed by atoms with Gasteiger partial charge in [-0.2, -0.15) is 0 Å². The zero-order chi connectivity index (χ0) is 14.2. The van der Waals surface area contributed by atoms with Crippen molar-refractivity contribution in [3.63, 3.8) is 0 Å². The van der Waals surface area contributed by atoms with Crippen LogP contribution >= 0.6 is 0 Å². The molecule has 1 aromatic heterocycles. The molecule has 0 bridgehead atoms. The minimum atomic E-state index is -1.16. The molecule has 1 fully saturated rings. The number of carboxylic acids is 1. The molecule has 1 aromatic rings. The first-order valence-electron chi connectivity index (χ1n) is 5.90. The van der Waals surface area contributed by atoms with Gasteiger partial charge in [0.25, 0.3) is 0 Å². The van der Waals surface area contributed by atoms with Gasteiger partial charge in [-0.3, -0.25) is 14.5 Å². The van der Waals surface area contributed by atoms with Crippen LogP contribution in [0.2, 0.25) is 0 Å². The van der Waals surface area contributed by atoms with Crippen molar-refractivity contribution in [2.45, 2.75) is 20.4 Å². The Bertz CT molecular complexity index is 519. The number of nitrogens with zero attached hydrogens (tertiary/aromatic N) is 4. The topological polar surface area (TPSA) is 105 Å². The average molecular weight is 266 g/mol. The van der Waals surface area contributed by atoms with Gasteiger partial charge in [0, 0.05) is 18.4 Å². The van der Waals surface area contributed by atoms with E-state index in [1.54, 1.807) is 13.8 Å². The van der Waals surface area contributed by atoms with Gasteiger partial charge < -0.3 is 5.11 Å². The van der Waals surface area contributed by atoms with Crippen molar-refractivity contribution in [1.29, 1.82) is 0 Å². The first kappa shape index (κ1) is 13.2. The number of carbonyl (C=O) groups excluding carboxylic acids is 2. The van der Waals surface area contributed by atoms with Crippen molar-refractivity contribution in [2.24, 2.45) is 11.8 Å². The van der Waals surface area contributed by atoms with Crippen LogP contribution in [-0.2, 0) is 16.1 Å². The van der Waals surface area contributed by atoms with Gasteiger partial charge in [-0.1, -0.05) is 19.1 Å². The molecule has 8 nitrogen and oxygen atoms in total. The molecule has 0 aliphatic carbocycles. The number of hydrogen-bond donors (Lipinski definition) is 1. The Morgan fingerprint density at radius 1 is 1.26 bits per heavy atom. The SMILES string of the molecule is CC1C(=O)N(CCn2cc(C(=O)O)nn2)C(=O)C1C. The minimum absolute atomic E-state index is 0.166. The summed E-state index contributed by atoms with van der Waals surface area (Å²) in [6.45, 7) is 3.86. The summed E-state index contributed by atoms with van der Waals surface area (Å²) < 4.78 is 1.30. The lowest BCUT2D eigenvalue weighted by molar-refractivity contribution is -0.139. The summed E-state index contributed by atoms with van der Waals surface area (Å²) in [5.41, 5.74) is -0.166. The molecule has 2 heterocycles. The molecule has 19 heavy (non-hydrogen) atoms. The number of hydrogen-bond acceptors (Lipinski definition) is 5. The van der Waals surface area contributed by atoms with Crippen LogP contribution in [0.5, 0.6) is 0 Å². The third kappa shape index (κ3) is 2.33. The molecular formula is C11H14N4O4. The maximum Gasteiger partial charge on any atom is 0.358 e. The predicted molar refractivity (Wildman–Crippen MR) is 62.0 cm³/mol. The van der Waals surface area contributed by atoms with E-state index in [1.807, 2.05) is 0 Å². The highest BCUT2D eigenvalue weighted by atomic mass is 16.4. The van der Waals surface area contributed by atoms with Crippen molar-refractivity contribution in [2.75, 3.05) is 6.54 Å². The summed E-state index contributed by atoms with van der Waals surface area (Å²) in [4.78, 5) is 35.5. The van der Waals surface area contributed by atoms with E-state index < -0.39 is 5.97 Å². The van der Waals surface area contributed by atoms with Gasteiger partial charge in [0.2, 0.25) is 11.8 Å². The Balaban J connectivity index is 2.00. The Morgan fingerprint density at radius 2 is 1.84 bits per heavy atom. The number of rotatable bonds is 4. The fourth-order valence-electron chi connectivity index (χ4n) is 1.96. The van der Waals surface area contributed by atoms with Crippen LogP contribution < -0.4 is 0 Å². The first-order chi connectivity index (χ1) is 8.91. The lowest BCUT2D eigenvalue weighted by Crippen LogP contribution is -2.34.